The molecule has 1 aliphatic rings. The van der Waals surface area contributed by atoms with Gasteiger partial charge in [-0.2, -0.15) is 0 Å². The number of rotatable bonds is 5. The van der Waals surface area contributed by atoms with Crippen LogP contribution in [0.5, 0.6) is 0 Å². The lowest BCUT2D eigenvalue weighted by Gasteiger charge is -2.36. The molecule has 3 rings (SSSR count). The maximum absolute atomic E-state index is 12.4. The molecule has 0 bridgehead atoms. The monoisotopic (exact) mass is 425 g/mol. The molecule has 31 heavy (non-hydrogen) atoms. The van der Waals surface area contributed by atoms with Gasteiger partial charge in [-0.3, -0.25) is 4.79 Å². The smallest absolute Gasteiger partial charge is 0.319 e. The van der Waals surface area contributed by atoms with Crippen molar-refractivity contribution in [1.29, 1.82) is 0 Å². The van der Waals surface area contributed by atoms with Crippen molar-refractivity contribution in [3.05, 3.63) is 53.2 Å². The van der Waals surface area contributed by atoms with Gasteiger partial charge < -0.3 is 25.2 Å². The molecule has 1 aliphatic heterocycles. The molecule has 0 radical (unpaired) electrons. The minimum Gasteiger partial charge on any atom is -0.372 e. The van der Waals surface area contributed by atoms with Crippen molar-refractivity contribution < 1.29 is 14.3 Å². The summed E-state index contributed by atoms with van der Waals surface area (Å²) in [7, 11) is 3.39. The summed E-state index contributed by atoms with van der Waals surface area (Å²) in [5, 5.41) is 5.66. The van der Waals surface area contributed by atoms with Gasteiger partial charge in [0.15, 0.2) is 0 Å². The fourth-order valence-corrected chi connectivity index (χ4v) is 3.57. The van der Waals surface area contributed by atoms with Crippen molar-refractivity contribution in [2.24, 2.45) is 0 Å². The average Bonchev–Trinajstić information content (AvgIpc) is 2.73. The van der Waals surface area contributed by atoms with Crippen molar-refractivity contribution in [3.8, 4) is 0 Å². The Morgan fingerprint density at radius 1 is 1.16 bits per heavy atom. The summed E-state index contributed by atoms with van der Waals surface area (Å²) in [6.07, 6.45) is 2.12. The predicted octanol–water partition coefficient (Wildman–Crippen LogP) is 3.03. The van der Waals surface area contributed by atoms with Crippen molar-refractivity contribution in [3.63, 3.8) is 0 Å². The van der Waals surface area contributed by atoms with Gasteiger partial charge in [0.05, 0.1) is 12.2 Å². The summed E-state index contributed by atoms with van der Waals surface area (Å²) in [5.74, 6) is 0.798. The van der Waals surface area contributed by atoms with Crippen LogP contribution in [-0.4, -0.2) is 61.2 Å². The van der Waals surface area contributed by atoms with Gasteiger partial charge in [-0.15, -0.1) is 0 Å². The maximum Gasteiger partial charge on any atom is 0.319 e. The Morgan fingerprint density at radius 3 is 2.48 bits per heavy atom. The van der Waals surface area contributed by atoms with E-state index in [0.29, 0.717) is 17.8 Å². The topological polar surface area (TPSA) is 86.8 Å². The highest BCUT2D eigenvalue weighted by Crippen LogP contribution is 2.19. The first-order valence-corrected chi connectivity index (χ1v) is 10.5. The summed E-state index contributed by atoms with van der Waals surface area (Å²) in [6, 6.07) is 8.87. The number of hydrogen-bond donors (Lipinski definition) is 2. The summed E-state index contributed by atoms with van der Waals surface area (Å²) >= 11 is 0. The van der Waals surface area contributed by atoms with E-state index in [4.69, 9.17) is 4.74 Å². The molecule has 2 unspecified atom stereocenters. The molecule has 0 aliphatic carbocycles. The molecule has 2 aromatic rings. The Kier molecular flexibility index (Phi) is 7.12. The number of morpholine rings is 1. The molecule has 0 spiro atoms. The molecule has 2 N–H and O–H groups in total. The molecule has 1 aromatic carbocycles. The second-order valence-corrected chi connectivity index (χ2v) is 8.22. The number of aromatic nitrogens is 1. The quantitative estimate of drug-likeness (QED) is 0.769. The Morgan fingerprint density at radius 2 is 1.87 bits per heavy atom. The lowest BCUT2D eigenvalue weighted by Crippen LogP contribution is -2.45. The zero-order valence-electron chi connectivity index (χ0n) is 18.8. The molecule has 8 nitrogen and oxygen atoms in total. The first kappa shape index (κ1) is 22.6. The van der Waals surface area contributed by atoms with E-state index in [-0.39, 0.29) is 24.1 Å². The second kappa shape index (κ2) is 9.78. The first-order valence-electron chi connectivity index (χ1n) is 10.5. The number of benzene rings is 1. The van der Waals surface area contributed by atoms with Gasteiger partial charge in [-0.1, -0.05) is 12.1 Å². The van der Waals surface area contributed by atoms with E-state index in [1.807, 2.05) is 25.1 Å². The SMILES string of the molecule is Cc1ccc(C(=O)N(C)C)cc1NC(=O)NCc1ccc(N2CC(C)OC(C)C2)nc1. The summed E-state index contributed by atoms with van der Waals surface area (Å²) < 4.78 is 5.77. The highest BCUT2D eigenvalue weighted by Gasteiger charge is 2.23. The fraction of sp³-hybridized carbons (Fsp3) is 0.435. The van der Waals surface area contributed by atoms with Gasteiger partial charge in [0.25, 0.3) is 5.91 Å². The molecule has 166 valence electrons. The third-order valence-corrected chi connectivity index (χ3v) is 5.14. The summed E-state index contributed by atoms with van der Waals surface area (Å²) in [4.78, 5) is 32.8. The number of nitrogens with zero attached hydrogens (tertiary/aromatic N) is 3. The zero-order valence-corrected chi connectivity index (χ0v) is 18.8. The highest BCUT2D eigenvalue weighted by atomic mass is 16.5. The Bertz CT molecular complexity index is 919. The highest BCUT2D eigenvalue weighted by molar-refractivity contribution is 5.97. The number of carbonyl (C=O) groups excluding carboxylic acids is 2. The number of pyridine rings is 1. The van der Waals surface area contributed by atoms with Crippen LogP contribution in [0.25, 0.3) is 0 Å². The maximum atomic E-state index is 12.4. The van der Waals surface area contributed by atoms with E-state index < -0.39 is 0 Å². The van der Waals surface area contributed by atoms with Gasteiger partial charge in [-0.05, 0) is 50.1 Å². The van der Waals surface area contributed by atoms with Crippen LogP contribution >= 0.6 is 0 Å². The number of aryl methyl sites for hydroxylation is 1. The standard InChI is InChI=1S/C23H31N5O3/c1-15-6-8-19(22(29)27(4)5)10-20(15)26-23(30)25-12-18-7-9-21(24-11-18)28-13-16(2)31-17(3)14-28/h6-11,16-17H,12-14H2,1-5H3,(H2,25,26,30). The lowest BCUT2D eigenvalue weighted by atomic mass is 10.1. The first-order chi connectivity index (χ1) is 14.7. The van der Waals surface area contributed by atoms with Crippen LogP contribution in [0.4, 0.5) is 16.3 Å². The molecule has 2 atom stereocenters. The zero-order chi connectivity index (χ0) is 22.5. The Hall–Kier alpha value is -3.13. The van der Waals surface area contributed by atoms with E-state index >= 15 is 0 Å². The molecule has 1 saturated heterocycles. The molecule has 1 aromatic heterocycles. The predicted molar refractivity (Wildman–Crippen MR) is 122 cm³/mol. The van der Waals surface area contributed by atoms with Gasteiger partial charge in [0, 0.05) is 51.2 Å². The Labute approximate surface area is 183 Å². The molecule has 3 amide bonds. The number of urea groups is 1. The van der Waals surface area contributed by atoms with Crippen molar-refractivity contribution in [1.82, 2.24) is 15.2 Å². The van der Waals surface area contributed by atoms with E-state index in [2.05, 4.69) is 34.4 Å². The van der Waals surface area contributed by atoms with Crippen molar-refractivity contribution >= 4 is 23.4 Å². The van der Waals surface area contributed by atoms with Crippen LogP contribution in [0.1, 0.15) is 35.3 Å². The van der Waals surface area contributed by atoms with Crippen molar-refractivity contribution in [2.75, 3.05) is 37.4 Å². The fourth-order valence-electron chi connectivity index (χ4n) is 3.57. The molecule has 8 heteroatoms. The number of nitrogens with one attached hydrogen (secondary N) is 2. The second-order valence-electron chi connectivity index (χ2n) is 8.22. The van der Waals surface area contributed by atoms with Crippen LogP contribution in [0.2, 0.25) is 0 Å². The molecule has 0 saturated carbocycles. The summed E-state index contributed by atoms with van der Waals surface area (Å²) in [6.45, 7) is 7.98. The lowest BCUT2D eigenvalue weighted by molar-refractivity contribution is -0.00546. The number of hydrogen-bond acceptors (Lipinski definition) is 5. The molecule has 1 fully saturated rings. The van der Waals surface area contributed by atoms with E-state index in [0.717, 1.165) is 30.0 Å². The minimum absolute atomic E-state index is 0.112. The largest absolute Gasteiger partial charge is 0.372 e. The Balaban J connectivity index is 1.56. The number of amides is 3. The van der Waals surface area contributed by atoms with Gasteiger partial charge in [0.2, 0.25) is 0 Å². The van der Waals surface area contributed by atoms with Crippen LogP contribution in [0, 0.1) is 6.92 Å². The van der Waals surface area contributed by atoms with E-state index in [1.54, 1.807) is 32.4 Å². The van der Waals surface area contributed by atoms with E-state index in [1.165, 1.54) is 4.90 Å². The number of ether oxygens (including phenoxy) is 1. The number of anilines is 2. The average molecular weight is 426 g/mol. The van der Waals surface area contributed by atoms with Crippen LogP contribution in [0.3, 0.4) is 0 Å². The van der Waals surface area contributed by atoms with Crippen LogP contribution in [-0.2, 0) is 11.3 Å². The van der Waals surface area contributed by atoms with Gasteiger partial charge in [0.1, 0.15) is 5.82 Å². The van der Waals surface area contributed by atoms with Gasteiger partial charge >= 0.3 is 6.03 Å². The van der Waals surface area contributed by atoms with Crippen LogP contribution in [0.15, 0.2) is 36.5 Å². The third-order valence-electron chi connectivity index (χ3n) is 5.14. The van der Waals surface area contributed by atoms with Crippen molar-refractivity contribution in [2.45, 2.75) is 39.5 Å². The normalized spacial score (nSPS) is 18.4. The third kappa shape index (κ3) is 5.95. The minimum atomic E-state index is -0.336. The molecular weight excluding hydrogens is 394 g/mol. The van der Waals surface area contributed by atoms with Crippen LogP contribution < -0.4 is 15.5 Å². The molecule has 2 heterocycles. The summed E-state index contributed by atoms with van der Waals surface area (Å²) in [5.41, 5.74) is 2.92. The number of carbonyl (C=O) groups is 2. The molecular formula is C23H31N5O3. The van der Waals surface area contributed by atoms with E-state index in [9.17, 15) is 9.59 Å². The van der Waals surface area contributed by atoms with Gasteiger partial charge in [-0.25, -0.2) is 9.78 Å².